The number of aryl methyl sites for hydroxylation is 2. The summed E-state index contributed by atoms with van der Waals surface area (Å²) < 4.78 is 7.69. The highest BCUT2D eigenvalue weighted by Gasteiger charge is 2.42. The molecular weight excluding hydrogens is 440 g/mol. The molecular formula is C28H28N4OS. The van der Waals surface area contributed by atoms with E-state index in [1.54, 1.807) is 7.11 Å². The van der Waals surface area contributed by atoms with Gasteiger partial charge in [0.25, 0.3) is 0 Å². The Morgan fingerprint density at radius 3 is 2.26 bits per heavy atom. The fourth-order valence-electron chi connectivity index (χ4n) is 4.87. The number of ether oxygens (including phenoxy) is 1. The molecule has 0 saturated carbocycles. The summed E-state index contributed by atoms with van der Waals surface area (Å²) in [6.07, 6.45) is 1.84. The third-order valence-corrected chi connectivity index (χ3v) is 6.84. The Morgan fingerprint density at radius 1 is 0.912 bits per heavy atom. The molecule has 5 nitrogen and oxygen atoms in total. The smallest absolute Gasteiger partial charge is 0.174 e. The number of pyridine rings is 1. The average Bonchev–Trinajstić information content (AvgIpc) is 3.35. The van der Waals surface area contributed by atoms with Gasteiger partial charge in [0.05, 0.1) is 24.9 Å². The summed E-state index contributed by atoms with van der Waals surface area (Å²) in [6, 6.07) is 24.9. The van der Waals surface area contributed by atoms with Gasteiger partial charge in [0.1, 0.15) is 5.75 Å². The molecule has 3 heterocycles. The largest absolute Gasteiger partial charge is 0.497 e. The van der Waals surface area contributed by atoms with Crippen LogP contribution in [0.25, 0.3) is 5.69 Å². The molecule has 1 fully saturated rings. The second kappa shape index (κ2) is 8.95. The average molecular weight is 469 g/mol. The van der Waals surface area contributed by atoms with Gasteiger partial charge < -0.3 is 19.5 Å². The highest BCUT2D eigenvalue weighted by atomic mass is 32.1. The van der Waals surface area contributed by atoms with Crippen LogP contribution < -0.4 is 15.0 Å². The van der Waals surface area contributed by atoms with Gasteiger partial charge in [-0.25, -0.2) is 0 Å². The van der Waals surface area contributed by atoms with Crippen LogP contribution in [0.1, 0.15) is 40.3 Å². The number of nitrogens with one attached hydrogen (secondary N) is 1. The van der Waals surface area contributed by atoms with Crippen molar-refractivity contribution in [3.8, 4) is 11.4 Å². The normalized spacial score (nSPS) is 17.6. The van der Waals surface area contributed by atoms with E-state index in [2.05, 4.69) is 89.1 Å². The van der Waals surface area contributed by atoms with Gasteiger partial charge in [0.15, 0.2) is 5.11 Å². The number of hydrogen-bond donors (Lipinski definition) is 1. The number of anilines is 1. The van der Waals surface area contributed by atoms with E-state index in [9.17, 15) is 0 Å². The predicted octanol–water partition coefficient (Wildman–Crippen LogP) is 5.98. The van der Waals surface area contributed by atoms with Gasteiger partial charge in [-0.05, 0) is 93.1 Å². The molecule has 34 heavy (non-hydrogen) atoms. The Balaban J connectivity index is 1.66. The predicted molar refractivity (Wildman–Crippen MR) is 141 cm³/mol. The Kier molecular flexibility index (Phi) is 5.84. The summed E-state index contributed by atoms with van der Waals surface area (Å²) in [5.74, 6) is 0.817. The number of thiocarbonyl (C=S) groups is 1. The molecule has 4 aromatic rings. The Morgan fingerprint density at radius 2 is 1.62 bits per heavy atom. The van der Waals surface area contributed by atoms with Crippen molar-refractivity contribution in [2.45, 2.75) is 32.9 Å². The van der Waals surface area contributed by atoms with Crippen LogP contribution in [0.15, 0.2) is 79.0 Å². The highest BCUT2D eigenvalue weighted by molar-refractivity contribution is 7.80. The summed E-state index contributed by atoms with van der Waals surface area (Å²) in [7, 11) is 1.68. The van der Waals surface area contributed by atoms with Crippen molar-refractivity contribution in [3.63, 3.8) is 0 Å². The molecule has 5 rings (SSSR count). The second-order valence-corrected chi connectivity index (χ2v) is 9.08. The van der Waals surface area contributed by atoms with Gasteiger partial charge in [0, 0.05) is 29.0 Å². The van der Waals surface area contributed by atoms with Gasteiger partial charge in [-0.2, -0.15) is 0 Å². The van der Waals surface area contributed by atoms with E-state index >= 15 is 0 Å². The van der Waals surface area contributed by atoms with E-state index in [0.717, 1.165) is 22.8 Å². The van der Waals surface area contributed by atoms with E-state index < -0.39 is 0 Å². The summed E-state index contributed by atoms with van der Waals surface area (Å²) in [5, 5.41) is 4.24. The molecule has 2 aromatic heterocycles. The molecule has 0 bridgehead atoms. The number of rotatable bonds is 5. The zero-order valence-corrected chi connectivity index (χ0v) is 20.6. The molecule has 0 aliphatic carbocycles. The lowest BCUT2D eigenvalue weighted by atomic mass is 9.96. The van der Waals surface area contributed by atoms with Crippen molar-refractivity contribution in [1.29, 1.82) is 0 Å². The van der Waals surface area contributed by atoms with Gasteiger partial charge >= 0.3 is 0 Å². The fraction of sp³-hybridized carbons (Fsp3) is 0.214. The Bertz CT molecular complexity index is 1310. The standard InChI is InChI=1S/C28H28N4OS/c1-18-8-10-21(11-9-18)31-19(2)17-24(20(31)3)27-26(25-7-5-6-16-29-25)30-28(34)32(27)22-12-14-23(33-4)15-13-22/h5-17,26-27H,1-4H3,(H,30,34)/t26-,27+/m0/s1. The molecule has 1 aliphatic rings. The monoisotopic (exact) mass is 468 g/mol. The minimum absolute atomic E-state index is 0.0545. The lowest BCUT2D eigenvalue weighted by Gasteiger charge is -2.28. The molecule has 1 aliphatic heterocycles. The van der Waals surface area contributed by atoms with E-state index in [4.69, 9.17) is 17.0 Å². The summed E-state index contributed by atoms with van der Waals surface area (Å²) in [5.41, 5.74) is 7.98. The van der Waals surface area contributed by atoms with Crippen LogP contribution in [0.2, 0.25) is 0 Å². The van der Waals surface area contributed by atoms with Gasteiger partial charge in [-0.1, -0.05) is 23.8 Å². The van der Waals surface area contributed by atoms with Crippen LogP contribution in [0, 0.1) is 20.8 Å². The minimum Gasteiger partial charge on any atom is -0.497 e. The molecule has 1 N–H and O–H groups in total. The lowest BCUT2D eigenvalue weighted by molar-refractivity contribution is 0.415. The first-order chi connectivity index (χ1) is 16.5. The molecule has 6 heteroatoms. The lowest BCUT2D eigenvalue weighted by Crippen LogP contribution is -2.29. The maximum atomic E-state index is 5.88. The third kappa shape index (κ3) is 3.84. The van der Waals surface area contributed by atoms with Gasteiger partial charge in [-0.3, -0.25) is 4.98 Å². The van der Waals surface area contributed by atoms with Crippen LogP contribution in [0.5, 0.6) is 5.75 Å². The zero-order chi connectivity index (χ0) is 23.8. The molecule has 0 spiro atoms. The van der Waals surface area contributed by atoms with Crippen molar-refractivity contribution in [3.05, 3.63) is 107 Å². The summed E-state index contributed by atoms with van der Waals surface area (Å²) in [6.45, 7) is 6.45. The third-order valence-electron chi connectivity index (χ3n) is 6.53. The van der Waals surface area contributed by atoms with E-state index in [1.165, 1.54) is 22.5 Å². The first-order valence-corrected chi connectivity index (χ1v) is 11.8. The van der Waals surface area contributed by atoms with E-state index in [1.807, 2.05) is 30.5 Å². The van der Waals surface area contributed by atoms with Crippen molar-refractivity contribution >= 4 is 23.0 Å². The molecule has 2 atom stereocenters. The maximum absolute atomic E-state index is 5.88. The SMILES string of the molecule is COc1ccc(N2C(=S)N[C@@H](c3ccccn3)[C@H]2c2cc(C)n(-c3ccc(C)cc3)c2C)cc1. The second-order valence-electron chi connectivity index (χ2n) is 8.69. The maximum Gasteiger partial charge on any atom is 0.174 e. The van der Waals surface area contributed by atoms with E-state index in [0.29, 0.717) is 5.11 Å². The van der Waals surface area contributed by atoms with Gasteiger partial charge in [-0.15, -0.1) is 0 Å². The van der Waals surface area contributed by atoms with Gasteiger partial charge in [0.2, 0.25) is 0 Å². The van der Waals surface area contributed by atoms with Crippen LogP contribution >= 0.6 is 12.2 Å². The number of nitrogens with zero attached hydrogens (tertiary/aromatic N) is 3. The molecule has 0 radical (unpaired) electrons. The number of benzene rings is 2. The first kappa shape index (κ1) is 22.2. The Labute approximate surface area is 206 Å². The van der Waals surface area contributed by atoms with Crippen LogP contribution in [-0.2, 0) is 0 Å². The first-order valence-electron chi connectivity index (χ1n) is 11.4. The molecule has 0 amide bonds. The topological polar surface area (TPSA) is 42.3 Å². The quantitative estimate of drug-likeness (QED) is 0.365. The molecule has 2 aromatic carbocycles. The minimum atomic E-state index is -0.0808. The number of methoxy groups -OCH3 is 1. The summed E-state index contributed by atoms with van der Waals surface area (Å²) in [4.78, 5) is 6.88. The van der Waals surface area contributed by atoms with Crippen LogP contribution in [0.4, 0.5) is 5.69 Å². The number of hydrogen-bond acceptors (Lipinski definition) is 3. The number of aromatic nitrogens is 2. The molecule has 172 valence electrons. The van der Waals surface area contributed by atoms with Crippen molar-refractivity contribution < 1.29 is 4.74 Å². The van der Waals surface area contributed by atoms with Crippen molar-refractivity contribution in [1.82, 2.24) is 14.9 Å². The van der Waals surface area contributed by atoms with Crippen LogP contribution in [0.3, 0.4) is 0 Å². The van der Waals surface area contributed by atoms with Crippen molar-refractivity contribution in [2.75, 3.05) is 12.0 Å². The van der Waals surface area contributed by atoms with Crippen molar-refractivity contribution in [2.24, 2.45) is 0 Å². The Hall–Kier alpha value is -3.64. The molecule has 1 saturated heterocycles. The van der Waals surface area contributed by atoms with Crippen LogP contribution in [-0.4, -0.2) is 21.8 Å². The van der Waals surface area contributed by atoms with E-state index in [-0.39, 0.29) is 12.1 Å². The fourth-order valence-corrected chi connectivity index (χ4v) is 5.22. The zero-order valence-electron chi connectivity index (χ0n) is 19.8. The summed E-state index contributed by atoms with van der Waals surface area (Å²) >= 11 is 5.88. The molecule has 0 unspecified atom stereocenters. The highest BCUT2D eigenvalue weighted by Crippen LogP contribution is 2.44.